The molecule has 0 fully saturated rings. The molecule has 0 aliphatic heterocycles. The maximum absolute atomic E-state index is 11.8. The highest BCUT2D eigenvalue weighted by atomic mass is 16.1. The fourth-order valence-electron chi connectivity index (χ4n) is 1.47. The molecule has 0 N–H and O–H groups in total. The molecule has 0 bridgehead atoms. The second kappa shape index (κ2) is 3.42. The monoisotopic (exact) mass is 166 g/mol. The molecule has 1 rings (SSSR count). The van der Waals surface area contributed by atoms with Gasteiger partial charge in [0.2, 0.25) is 0 Å². The summed E-state index contributed by atoms with van der Waals surface area (Å²) in [5, 5.41) is 0. The molecule has 0 heterocycles. The molecule has 0 unspecified atom stereocenters. The Morgan fingerprint density at radius 2 is 2.25 bits per heavy atom. The summed E-state index contributed by atoms with van der Waals surface area (Å²) in [6.07, 6.45) is 6.31. The van der Waals surface area contributed by atoms with Crippen molar-refractivity contribution in [3.8, 4) is 0 Å². The van der Waals surface area contributed by atoms with Crippen LogP contribution in [0.4, 0.5) is 0 Å². The molecule has 0 saturated heterocycles. The first-order valence-corrected chi connectivity index (χ1v) is 4.82. The van der Waals surface area contributed by atoms with Crippen molar-refractivity contribution in [2.45, 2.75) is 46.5 Å². The lowest BCUT2D eigenvalue weighted by Crippen LogP contribution is -2.24. The summed E-state index contributed by atoms with van der Waals surface area (Å²) < 4.78 is 0. The number of hydrogen-bond acceptors (Lipinski definition) is 1. The number of rotatable bonds is 3. The van der Waals surface area contributed by atoms with Gasteiger partial charge in [0.25, 0.3) is 0 Å². The largest absolute Gasteiger partial charge is 0.294 e. The van der Waals surface area contributed by atoms with Crippen LogP contribution in [0.2, 0.25) is 0 Å². The van der Waals surface area contributed by atoms with Crippen LogP contribution in [0, 0.1) is 5.41 Å². The second-order valence-electron chi connectivity index (χ2n) is 4.19. The van der Waals surface area contributed by atoms with Crippen LogP contribution in [-0.2, 0) is 4.79 Å². The zero-order chi connectivity index (χ0) is 9.19. The highest BCUT2D eigenvalue weighted by Gasteiger charge is 2.28. The normalized spacial score (nSPS) is 17.8. The summed E-state index contributed by atoms with van der Waals surface area (Å²) in [5.41, 5.74) is 0.928. The first kappa shape index (κ1) is 9.50. The standard InChI is InChI=1S/C11H18O/c1-4-11(2,3)10(12)9-7-5-6-8-9/h7H,4-6,8H2,1-3H3. The van der Waals surface area contributed by atoms with Gasteiger partial charge in [0, 0.05) is 5.41 Å². The number of carbonyl (C=O) groups is 1. The van der Waals surface area contributed by atoms with Gasteiger partial charge in [0.1, 0.15) is 0 Å². The topological polar surface area (TPSA) is 17.1 Å². The molecular formula is C11H18O. The molecule has 12 heavy (non-hydrogen) atoms. The third kappa shape index (κ3) is 1.77. The first-order valence-electron chi connectivity index (χ1n) is 4.82. The highest BCUT2D eigenvalue weighted by molar-refractivity contribution is 5.99. The lowest BCUT2D eigenvalue weighted by atomic mass is 9.81. The van der Waals surface area contributed by atoms with Gasteiger partial charge >= 0.3 is 0 Å². The molecule has 0 aromatic carbocycles. The molecule has 0 radical (unpaired) electrons. The predicted octanol–water partition coefficient (Wildman–Crippen LogP) is 3.10. The maximum atomic E-state index is 11.8. The van der Waals surface area contributed by atoms with E-state index in [1.165, 1.54) is 6.42 Å². The van der Waals surface area contributed by atoms with E-state index in [9.17, 15) is 4.79 Å². The number of Topliss-reactive ketones (excluding diaryl/α,β-unsaturated/α-hetero) is 1. The van der Waals surface area contributed by atoms with Gasteiger partial charge in [0.05, 0.1) is 0 Å². The molecule has 1 nitrogen and oxygen atoms in total. The molecule has 0 aromatic heterocycles. The van der Waals surface area contributed by atoms with Gasteiger partial charge < -0.3 is 0 Å². The highest BCUT2D eigenvalue weighted by Crippen LogP contribution is 2.30. The fraction of sp³-hybridized carbons (Fsp3) is 0.727. The third-order valence-corrected chi connectivity index (χ3v) is 2.83. The molecule has 1 heteroatoms. The van der Waals surface area contributed by atoms with E-state index in [1.807, 2.05) is 13.8 Å². The number of carbonyl (C=O) groups excluding carboxylic acids is 1. The average molecular weight is 166 g/mol. The summed E-state index contributed by atoms with van der Waals surface area (Å²) in [6, 6.07) is 0. The zero-order valence-electron chi connectivity index (χ0n) is 8.31. The van der Waals surface area contributed by atoms with Crippen LogP contribution in [0.15, 0.2) is 11.6 Å². The summed E-state index contributed by atoms with van der Waals surface area (Å²) in [6.45, 7) is 6.15. The van der Waals surface area contributed by atoms with Crippen LogP contribution in [-0.4, -0.2) is 5.78 Å². The van der Waals surface area contributed by atoms with Gasteiger partial charge in [-0.3, -0.25) is 4.79 Å². The van der Waals surface area contributed by atoms with Crippen LogP contribution in [0.5, 0.6) is 0 Å². The first-order chi connectivity index (χ1) is 5.58. The molecule has 0 spiro atoms. The Labute approximate surface area is 74.9 Å². The number of ketones is 1. The van der Waals surface area contributed by atoms with Crippen molar-refractivity contribution in [2.75, 3.05) is 0 Å². The minimum absolute atomic E-state index is 0.143. The van der Waals surface area contributed by atoms with Crippen LogP contribution in [0.25, 0.3) is 0 Å². The van der Waals surface area contributed by atoms with Crippen molar-refractivity contribution in [2.24, 2.45) is 5.41 Å². The van der Waals surface area contributed by atoms with Gasteiger partial charge in [-0.25, -0.2) is 0 Å². The zero-order valence-corrected chi connectivity index (χ0v) is 8.31. The van der Waals surface area contributed by atoms with E-state index >= 15 is 0 Å². The minimum Gasteiger partial charge on any atom is -0.294 e. The van der Waals surface area contributed by atoms with E-state index in [1.54, 1.807) is 0 Å². The molecule has 0 saturated carbocycles. The van der Waals surface area contributed by atoms with Crippen molar-refractivity contribution >= 4 is 5.78 Å². The van der Waals surface area contributed by atoms with E-state index in [0.29, 0.717) is 5.78 Å². The van der Waals surface area contributed by atoms with Crippen LogP contribution in [0.3, 0.4) is 0 Å². The van der Waals surface area contributed by atoms with E-state index in [-0.39, 0.29) is 5.41 Å². The fourth-order valence-corrected chi connectivity index (χ4v) is 1.47. The average Bonchev–Trinajstić information content (AvgIpc) is 2.55. The predicted molar refractivity (Wildman–Crippen MR) is 51.0 cm³/mol. The molecular weight excluding hydrogens is 148 g/mol. The minimum atomic E-state index is -0.143. The summed E-state index contributed by atoms with van der Waals surface area (Å²) in [4.78, 5) is 11.8. The Morgan fingerprint density at radius 1 is 1.58 bits per heavy atom. The maximum Gasteiger partial charge on any atom is 0.164 e. The molecule has 1 aliphatic carbocycles. The van der Waals surface area contributed by atoms with Gasteiger partial charge in [-0.2, -0.15) is 0 Å². The SMILES string of the molecule is CCC(C)(C)C(=O)C1=CCCC1. The van der Waals surface area contributed by atoms with Crippen LogP contribution < -0.4 is 0 Å². The van der Waals surface area contributed by atoms with E-state index in [2.05, 4.69) is 13.0 Å². The Balaban J connectivity index is 2.70. The van der Waals surface area contributed by atoms with Crippen molar-refractivity contribution in [1.82, 2.24) is 0 Å². The summed E-state index contributed by atoms with van der Waals surface area (Å²) >= 11 is 0. The van der Waals surface area contributed by atoms with E-state index in [4.69, 9.17) is 0 Å². The smallest absolute Gasteiger partial charge is 0.164 e. The Kier molecular flexibility index (Phi) is 2.71. The second-order valence-corrected chi connectivity index (χ2v) is 4.19. The van der Waals surface area contributed by atoms with Gasteiger partial charge in [-0.15, -0.1) is 0 Å². The third-order valence-electron chi connectivity index (χ3n) is 2.83. The van der Waals surface area contributed by atoms with E-state index < -0.39 is 0 Å². The molecule has 0 amide bonds. The number of hydrogen-bond donors (Lipinski definition) is 0. The molecule has 68 valence electrons. The molecule has 0 atom stereocenters. The number of allylic oxidation sites excluding steroid dienone is 2. The van der Waals surface area contributed by atoms with Crippen molar-refractivity contribution < 1.29 is 4.79 Å². The van der Waals surface area contributed by atoms with Crippen molar-refractivity contribution in [1.29, 1.82) is 0 Å². The molecule has 1 aliphatic rings. The van der Waals surface area contributed by atoms with E-state index in [0.717, 1.165) is 24.8 Å². The Hall–Kier alpha value is -0.590. The molecule has 0 aromatic rings. The summed E-state index contributed by atoms with van der Waals surface area (Å²) in [5.74, 6) is 0.363. The van der Waals surface area contributed by atoms with Crippen LogP contribution in [0.1, 0.15) is 46.5 Å². The Bertz CT molecular complexity index is 211. The lowest BCUT2D eigenvalue weighted by molar-refractivity contribution is -0.123. The van der Waals surface area contributed by atoms with Gasteiger partial charge in [-0.05, 0) is 31.3 Å². The lowest BCUT2D eigenvalue weighted by Gasteiger charge is -2.21. The summed E-state index contributed by atoms with van der Waals surface area (Å²) in [7, 11) is 0. The Morgan fingerprint density at radius 3 is 2.67 bits per heavy atom. The van der Waals surface area contributed by atoms with Crippen LogP contribution >= 0.6 is 0 Å². The van der Waals surface area contributed by atoms with Gasteiger partial charge in [-0.1, -0.05) is 26.8 Å². The van der Waals surface area contributed by atoms with Crippen molar-refractivity contribution in [3.05, 3.63) is 11.6 Å². The van der Waals surface area contributed by atoms with Crippen molar-refractivity contribution in [3.63, 3.8) is 0 Å². The van der Waals surface area contributed by atoms with Gasteiger partial charge in [0.15, 0.2) is 5.78 Å². The quantitative estimate of drug-likeness (QED) is 0.629.